The average molecular weight is 375 g/mol. The van der Waals surface area contributed by atoms with Gasteiger partial charge in [0.05, 0.1) is 19.3 Å². The van der Waals surface area contributed by atoms with E-state index in [4.69, 9.17) is 0 Å². The molecule has 0 saturated heterocycles. The molecular formula is C23H34O4. The number of aliphatic hydroxyl groups is 2. The Labute approximate surface area is 163 Å². The predicted octanol–water partition coefficient (Wildman–Crippen LogP) is 4.58. The zero-order valence-corrected chi connectivity index (χ0v) is 16.5. The maximum Gasteiger partial charge on any atom is 0.305 e. The molecular weight excluding hydrogens is 340 g/mol. The van der Waals surface area contributed by atoms with Gasteiger partial charge in [-0.3, -0.25) is 4.79 Å². The van der Waals surface area contributed by atoms with Crippen LogP contribution in [-0.4, -0.2) is 35.5 Å². The fraction of sp³-hybridized carbons (Fsp3) is 0.435. The number of allylic oxidation sites excluding steroid dienone is 8. The predicted molar refractivity (Wildman–Crippen MR) is 112 cm³/mol. The number of aliphatic hydroxyl groups excluding tert-OH is 2. The van der Waals surface area contributed by atoms with Crippen molar-refractivity contribution in [1.82, 2.24) is 0 Å². The first-order valence-electron chi connectivity index (χ1n) is 9.49. The Kier molecular flexibility index (Phi) is 17.1. The van der Waals surface area contributed by atoms with Gasteiger partial charge in [-0.1, -0.05) is 79.8 Å². The van der Waals surface area contributed by atoms with E-state index in [1.165, 1.54) is 7.11 Å². The molecule has 0 aliphatic carbocycles. The van der Waals surface area contributed by atoms with Gasteiger partial charge in [0.1, 0.15) is 0 Å². The van der Waals surface area contributed by atoms with Gasteiger partial charge < -0.3 is 14.9 Å². The summed E-state index contributed by atoms with van der Waals surface area (Å²) < 4.78 is 4.56. The molecule has 0 unspecified atom stereocenters. The Morgan fingerprint density at radius 2 is 1.41 bits per heavy atom. The van der Waals surface area contributed by atoms with Crippen molar-refractivity contribution in [2.45, 2.75) is 57.7 Å². The minimum absolute atomic E-state index is 0.199. The summed E-state index contributed by atoms with van der Waals surface area (Å²) in [5.41, 5.74) is 0. The van der Waals surface area contributed by atoms with Crippen LogP contribution in [0, 0.1) is 0 Å². The topological polar surface area (TPSA) is 66.8 Å². The minimum Gasteiger partial charge on any atom is -0.469 e. The molecule has 4 nitrogen and oxygen atoms in total. The Hall–Kier alpha value is -2.17. The number of carbonyl (C=O) groups is 1. The lowest BCUT2D eigenvalue weighted by Crippen LogP contribution is -1.99. The highest BCUT2D eigenvalue weighted by Crippen LogP contribution is 2.00. The maximum absolute atomic E-state index is 10.9. The number of hydrogen-bond acceptors (Lipinski definition) is 4. The summed E-state index contributed by atoms with van der Waals surface area (Å²) >= 11 is 0. The summed E-state index contributed by atoms with van der Waals surface area (Å²) in [4.78, 5) is 10.9. The second kappa shape index (κ2) is 18.6. The first kappa shape index (κ1) is 24.8. The highest BCUT2D eigenvalue weighted by Gasteiger charge is 1.95. The molecule has 0 spiro atoms. The molecule has 0 amide bonds. The van der Waals surface area contributed by atoms with Gasteiger partial charge in [-0.2, -0.15) is 0 Å². The van der Waals surface area contributed by atoms with Gasteiger partial charge in [0.2, 0.25) is 0 Å². The number of rotatable bonds is 14. The van der Waals surface area contributed by atoms with Crippen molar-refractivity contribution >= 4 is 5.97 Å². The first-order valence-corrected chi connectivity index (χ1v) is 9.49. The van der Waals surface area contributed by atoms with Crippen molar-refractivity contribution in [3.8, 4) is 0 Å². The molecule has 0 aromatic rings. The molecule has 0 aliphatic heterocycles. The smallest absolute Gasteiger partial charge is 0.305 e. The quantitative estimate of drug-likeness (QED) is 0.265. The van der Waals surface area contributed by atoms with E-state index in [2.05, 4.69) is 11.7 Å². The average Bonchev–Trinajstić information content (AvgIpc) is 2.66. The van der Waals surface area contributed by atoms with E-state index < -0.39 is 12.2 Å². The Morgan fingerprint density at radius 3 is 1.96 bits per heavy atom. The molecule has 4 heteroatoms. The molecule has 0 radical (unpaired) electrons. The van der Waals surface area contributed by atoms with E-state index in [9.17, 15) is 15.0 Å². The highest BCUT2D eigenvalue weighted by atomic mass is 16.5. The molecule has 150 valence electrons. The lowest BCUT2D eigenvalue weighted by Gasteiger charge is -1.99. The van der Waals surface area contributed by atoms with Gasteiger partial charge >= 0.3 is 5.97 Å². The van der Waals surface area contributed by atoms with Crippen molar-refractivity contribution in [3.63, 3.8) is 0 Å². The molecule has 0 aliphatic rings. The van der Waals surface area contributed by atoms with Crippen molar-refractivity contribution in [1.29, 1.82) is 0 Å². The van der Waals surface area contributed by atoms with Gasteiger partial charge in [-0.15, -0.1) is 0 Å². The summed E-state index contributed by atoms with van der Waals surface area (Å²) in [6.07, 6.45) is 25.6. The van der Waals surface area contributed by atoms with Crippen molar-refractivity contribution in [2.75, 3.05) is 7.11 Å². The third kappa shape index (κ3) is 18.4. The second-order valence-electron chi connectivity index (χ2n) is 5.93. The minimum atomic E-state index is -0.525. The van der Waals surface area contributed by atoms with Crippen LogP contribution in [-0.2, 0) is 9.53 Å². The van der Waals surface area contributed by atoms with Crippen molar-refractivity contribution in [3.05, 3.63) is 72.9 Å². The lowest BCUT2D eigenvalue weighted by atomic mass is 10.2. The zero-order chi connectivity index (χ0) is 20.2. The van der Waals surface area contributed by atoms with Crippen LogP contribution in [0.3, 0.4) is 0 Å². The molecule has 0 saturated carbocycles. The lowest BCUT2D eigenvalue weighted by molar-refractivity contribution is -0.140. The molecule has 0 rings (SSSR count). The van der Waals surface area contributed by atoms with Gasteiger partial charge in [0.25, 0.3) is 0 Å². The molecule has 2 atom stereocenters. The highest BCUT2D eigenvalue weighted by molar-refractivity contribution is 5.69. The summed E-state index contributed by atoms with van der Waals surface area (Å²) in [6.45, 7) is 2.06. The summed E-state index contributed by atoms with van der Waals surface area (Å²) in [5.74, 6) is -0.199. The fourth-order valence-electron chi connectivity index (χ4n) is 2.00. The van der Waals surface area contributed by atoms with Crippen LogP contribution in [0.4, 0.5) is 0 Å². The Morgan fingerprint density at radius 1 is 0.852 bits per heavy atom. The van der Waals surface area contributed by atoms with Crippen LogP contribution in [0.5, 0.6) is 0 Å². The van der Waals surface area contributed by atoms with Crippen molar-refractivity contribution in [2.24, 2.45) is 0 Å². The van der Waals surface area contributed by atoms with Crippen molar-refractivity contribution < 1.29 is 19.7 Å². The number of esters is 1. The van der Waals surface area contributed by atoms with Crippen LogP contribution < -0.4 is 0 Å². The van der Waals surface area contributed by atoms with Crippen LogP contribution in [0.25, 0.3) is 0 Å². The molecule has 0 aromatic carbocycles. The molecule has 27 heavy (non-hydrogen) atoms. The number of methoxy groups -OCH3 is 1. The number of ether oxygens (including phenoxy) is 1. The SMILES string of the molecule is CCC=CC[C@H](O)C=CC=CC=C[C@H](O)CC=CCC=CCCC(=O)OC. The van der Waals surface area contributed by atoms with Crippen LogP contribution in [0.2, 0.25) is 0 Å². The van der Waals surface area contributed by atoms with Crippen LogP contribution >= 0.6 is 0 Å². The molecule has 0 heterocycles. The normalized spacial score (nSPS) is 15.3. The van der Waals surface area contributed by atoms with Crippen LogP contribution in [0.1, 0.15) is 45.4 Å². The Balaban J connectivity index is 3.87. The second-order valence-corrected chi connectivity index (χ2v) is 5.93. The van der Waals surface area contributed by atoms with Gasteiger partial charge in [0.15, 0.2) is 0 Å². The van der Waals surface area contributed by atoms with E-state index in [1.807, 2.05) is 48.6 Å². The fourth-order valence-corrected chi connectivity index (χ4v) is 2.00. The number of hydrogen-bond donors (Lipinski definition) is 2. The standard InChI is InChI=1S/C23H34O4/c1-3-4-11-16-21(24)18-13-9-10-14-19-22(25)17-12-7-5-6-8-15-20-23(26)27-2/h4,6-14,18-19,21-22,24-25H,3,5,15-17,20H2,1-2H3/t21-,22+/m0/s1. The molecule has 0 bridgehead atoms. The monoisotopic (exact) mass is 374 g/mol. The zero-order valence-electron chi connectivity index (χ0n) is 16.5. The van der Waals surface area contributed by atoms with Gasteiger partial charge in [-0.25, -0.2) is 0 Å². The molecule has 2 N–H and O–H groups in total. The van der Waals surface area contributed by atoms with Gasteiger partial charge in [0, 0.05) is 6.42 Å². The summed E-state index contributed by atoms with van der Waals surface area (Å²) in [5, 5.41) is 19.5. The van der Waals surface area contributed by atoms with E-state index >= 15 is 0 Å². The third-order valence-corrected chi connectivity index (χ3v) is 3.51. The Bertz CT molecular complexity index is 539. The van der Waals surface area contributed by atoms with E-state index in [-0.39, 0.29) is 5.97 Å². The molecule has 0 fully saturated rings. The van der Waals surface area contributed by atoms with E-state index in [0.717, 1.165) is 12.8 Å². The third-order valence-electron chi connectivity index (χ3n) is 3.51. The van der Waals surface area contributed by atoms with E-state index in [1.54, 1.807) is 24.3 Å². The maximum atomic E-state index is 10.9. The molecule has 0 aromatic heterocycles. The van der Waals surface area contributed by atoms with Gasteiger partial charge in [-0.05, 0) is 32.1 Å². The van der Waals surface area contributed by atoms with Crippen LogP contribution in [0.15, 0.2) is 72.9 Å². The first-order chi connectivity index (χ1) is 13.1. The largest absolute Gasteiger partial charge is 0.469 e. The summed E-state index contributed by atoms with van der Waals surface area (Å²) in [7, 11) is 1.39. The number of carbonyl (C=O) groups excluding carboxylic acids is 1. The van der Waals surface area contributed by atoms with E-state index in [0.29, 0.717) is 25.7 Å². The summed E-state index contributed by atoms with van der Waals surface area (Å²) in [6, 6.07) is 0.